The summed E-state index contributed by atoms with van der Waals surface area (Å²) < 4.78 is 0. The second-order valence-electron chi connectivity index (χ2n) is 3.47. The van der Waals surface area contributed by atoms with Crippen LogP contribution < -0.4 is 10.2 Å². The SMILES string of the molecule is O=C1CN(c2ccncc2C(=O)O)CCN1. The lowest BCUT2D eigenvalue weighted by Gasteiger charge is -2.29. The quantitative estimate of drug-likeness (QED) is 0.717. The first kappa shape index (κ1) is 10.4. The van der Waals surface area contributed by atoms with E-state index in [9.17, 15) is 9.59 Å². The van der Waals surface area contributed by atoms with E-state index in [2.05, 4.69) is 10.3 Å². The molecule has 0 radical (unpaired) electrons. The van der Waals surface area contributed by atoms with Crippen molar-refractivity contribution in [1.82, 2.24) is 10.3 Å². The predicted molar refractivity (Wildman–Crippen MR) is 56.4 cm³/mol. The Bertz CT molecular complexity index is 433. The fraction of sp³-hybridized carbons (Fsp3) is 0.300. The Hall–Kier alpha value is -2.11. The van der Waals surface area contributed by atoms with Gasteiger partial charge in [-0.15, -0.1) is 0 Å². The summed E-state index contributed by atoms with van der Waals surface area (Å²) in [6.45, 7) is 1.32. The lowest BCUT2D eigenvalue weighted by Crippen LogP contribution is -2.48. The molecule has 0 aliphatic carbocycles. The molecule has 16 heavy (non-hydrogen) atoms. The average Bonchev–Trinajstić information content (AvgIpc) is 2.29. The Morgan fingerprint density at radius 3 is 3.06 bits per heavy atom. The number of hydrogen-bond acceptors (Lipinski definition) is 4. The second kappa shape index (κ2) is 4.18. The topological polar surface area (TPSA) is 82.5 Å². The Kier molecular flexibility index (Phi) is 2.72. The summed E-state index contributed by atoms with van der Waals surface area (Å²) in [5.41, 5.74) is 0.662. The number of carboxylic acid groups (broad SMARTS) is 1. The van der Waals surface area contributed by atoms with Gasteiger partial charge < -0.3 is 15.3 Å². The molecule has 0 bridgehead atoms. The monoisotopic (exact) mass is 221 g/mol. The molecule has 6 nitrogen and oxygen atoms in total. The molecular weight excluding hydrogens is 210 g/mol. The molecule has 0 unspecified atom stereocenters. The van der Waals surface area contributed by atoms with Gasteiger partial charge in [-0.3, -0.25) is 9.78 Å². The number of nitrogens with one attached hydrogen (secondary N) is 1. The molecule has 6 heteroatoms. The van der Waals surface area contributed by atoms with Gasteiger partial charge in [-0.1, -0.05) is 0 Å². The van der Waals surface area contributed by atoms with Crippen LogP contribution in [-0.2, 0) is 4.79 Å². The normalized spacial score (nSPS) is 15.8. The molecule has 0 spiro atoms. The van der Waals surface area contributed by atoms with E-state index in [0.717, 1.165) is 0 Å². The van der Waals surface area contributed by atoms with Gasteiger partial charge in [0.05, 0.1) is 12.2 Å². The number of aromatic carboxylic acids is 1. The van der Waals surface area contributed by atoms with Crippen molar-refractivity contribution in [3.8, 4) is 0 Å². The molecule has 1 amide bonds. The van der Waals surface area contributed by atoms with E-state index in [4.69, 9.17) is 5.11 Å². The molecule has 1 aliphatic heterocycles. The number of amides is 1. The Labute approximate surface area is 91.9 Å². The maximum atomic E-state index is 11.2. The van der Waals surface area contributed by atoms with E-state index in [1.54, 1.807) is 11.0 Å². The van der Waals surface area contributed by atoms with Crippen LogP contribution in [0.5, 0.6) is 0 Å². The molecule has 1 saturated heterocycles. The number of carbonyl (C=O) groups excluding carboxylic acids is 1. The zero-order valence-corrected chi connectivity index (χ0v) is 8.51. The molecule has 1 aliphatic rings. The van der Waals surface area contributed by atoms with Gasteiger partial charge in [-0.05, 0) is 6.07 Å². The van der Waals surface area contributed by atoms with Crippen LogP contribution in [0.15, 0.2) is 18.5 Å². The summed E-state index contributed by atoms with van der Waals surface area (Å²) >= 11 is 0. The standard InChI is InChI=1S/C10H11N3O3/c14-9-6-13(4-3-12-9)8-1-2-11-5-7(8)10(15)16/h1-2,5H,3-4,6H2,(H,12,14)(H,15,16). The third-order valence-corrected chi connectivity index (χ3v) is 2.41. The molecule has 0 aromatic carbocycles. The summed E-state index contributed by atoms with van der Waals surface area (Å²) in [5.74, 6) is -1.13. The van der Waals surface area contributed by atoms with Crippen LogP contribution in [0, 0.1) is 0 Å². The van der Waals surface area contributed by atoms with Gasteiger partial charge in [0.1, 0.15) is 5.56 Å². The smallest absolute Gasteiger partial charge is 0.339 e. The third-order valence-electron chi connectivity index (χ3n) is 2.41. The van der Waals surface area contributed by atoms with E-state index in [-0.39, 0.29) is 18.0 Å². The first-order valence-corrected chi connectivity index (χ1v) is 4.87. The Morgan fingerprint density at radius 2 is 2.38 bits per heavy atom. The van der Waals surface area contributed by atoms with Gasteiger partial charge in [0.15, 0.2) is 0 Å². The first-order chi connectivity index (χ1) is 7.68. The Balaban J connectivity index is 2.32. The summed E-state index contributed by atoms with van der Waals surface area (Å²) in [7, 11) is 0. The van der Waals surface area contributed by atoms with Crippen LogP contribution in [0.3, 0.4) is 0 Å². The average molecular weight is 221 g/mol. The lowest BCUT2D eigenvalue weighted by atomic mass is 10.2. The van der Waals surface area contributed by atoms with Crippen molar-refractivity contribution in [2.45, 2.75) is 0 Å². The van der Waals surface area contributed by atoms with Gasteiger partial charge >= 0.3 is 5.97 Å². The number of piperazine rings is 1. The number of pyridine rings is 1. The van der Waals surface area contributed by atoms with Gasteiger partial charge in [-0.2, -0.15) is 0 Å². The summed E-state index contributed by atoms with van der Waals surface area (Å²) in [6, 6.07) is 1.61. The molecule has 2 N–H and O–H groups in total. The highest BCUT2D eigenvalue weighted by Crippen LogP contribution is 2.19. The number of nitrogens with zero attached hydrogens (tertiary/aromatic N) is 2. The number of anilines is 1. The highest BCUT2D eigenvalue weighted by atomic mass is 16.4. The molecule has 0 atom stereocenters. The van der Waals surface area contributed by atoms with E-state index in [0.29, 0.717) is 18.8 Å². The fourth-order valence-corrected chi connectivity index (χ4v) is 1.67. The van der Waals surface area contributed by atoms with Crippen LogP contribution in [-0.4, -0.2) is 41.6 Å². The fourth-order valence-electron chi connectivity index (χ4n) is 1.67. The Morgan fingerprint density at radius 1 is 1.56 bits per heavy atom. The maximum Gasteiger partial charge on any atom is 0.339 e. The van der Waals surface area contributed by atoms with Crippen molar-refractivity contribution in [2.24, 2.45) is 0 Å². The van der Waals surface area contributed by atoms with Gasteiger partial charge in [0, 0.05) is 25.5 Å². The van der Waals surface area contributed by atoms with E-state index in [1.165, 1.54) is 12.4 Å². The van der Waals surface area contributed by atoms with Gasteiger partial charge in [-0.25, -0.2) is 4.79 Å². The predicted octanol–water partition coefficient (Wildman–Crippen LogP) is -0.284. The number of carboxylic acids is 1. The minimum absolute atomic E-state index is 0.0978. The minimum Gasteiger partial charge on any atom is -0.478 e. The van der Waals surface area contributed by atoms with Crippen molar-refractivity contribution in [3.05, 3.63) is 24.0 Å². The van der Waals surface area contributed by atoms with Crippen LogP contribution >= 0.6 is 0 Å². The van der Waals surface area contributed by atoms with Crippen molar-refractivity contribution >= 4 is 17.6 Å². The number of rotatable bonds is 2. The maximum absolute atomic E-state index is 11.2. The zero-order valence-electron chi connectivity index (χ0n) is 8.51. The number of aromatic nitrogens is 1. The van der Waals surface area contributed by atoms with E-state index < -0.39 is 5.97 Å². The molecule has 84 valence electrons. The minimum atomic E-state index is -1.03. The molecule has 1 aromatic heterocycles. The van der Waals surface area contributed by atoms with Crippen molar-refractivity contribution in [2.75, 3.05) is 24.5 Å². The summed E-state index contributed by atoms with van der Waals surface area (Å²) in [6.07, 6.45) is 2.82. The van der Waals surface area contributed by atoms with Crippen molar-refractivity contribution < 1.29 is 14.7 Å². The van der Waals surface area contributed by atoms with Crippen LogP contribution in [0.25, 0.3) is 0 Å². The zero-order chi connectivity index (χ0) is 11.5. The van der Waals surface area contributed by atoms with Crippen LogP contribution in [0.1, 0.15) is 10.4 Å². The summed E-state index contributed by atoms with van der Waals surface area (Å²) in [4.78, 5) is 27.7. The van der Waals surface area contributed by atoms with E-state index >= 15 is 0 Å². The molecule has 0 saturated carbocycles. The molecule has 1 fully saturated rings. The largest absolute Gasteiger partial charge is 0.478 e. The number of carbonyl (C=O) groups is 2. The van der Waals surface area contributed by atoms with Gasteiger partial charge in [0.25, 0.3) is 0 Å². The lowest BCUT2D eigenvalue weighted by molar-refractivity contribution is -0.120. The molecule has 2 heterocycles. The summed E-state index contributed by atoms with van der Waals surface area (Å²) in [5, 5.41) is 11.7. The first-order valence-electron chi connectivity index (χ1n) is 4.87. The second-order valence-corrected chi connectivity index (χ2v) is 3.47. The highest BCUT2D eigenvalue weighted by Gasteiger charge is 2.21. The van der Waals surface area contributed by atoms with E-state index in [1.807, 2.05) is 0 Å². The molecule has 2 rings (SSSR count). The third kappa shape index (κ3) is 1.95. The molecule has 1 aromatic rings. The highest BCUT2D eigenvalue weighted by molar-refractivity contribution is 5.95. The van der Waals surface area contributed by atoms with Crippen molar-refractivity contribution in [1.29, 1.82) is 0 Å². The number of hydrogen-bond donors (Lipinski definition) is 2. The van der Waals surface area contributed by atoms with Gasteiger partial charge in [0.2, 0.25) is 5.91 Å². The molecular formula is C10H11N3O3. The van der Waals surface area contributed by atoms with Crippen LogP contribution in [0.4, 0.5) is 5.69 Å². The van der Waals surface area contributed by atoms with Crippen LogP contribution in [0.2, 0.25) is 0 Å². The van der Waals surface area contributed by atoms with Crippen molar-refractivity contribution in [3.63, 3.8) is 0 Å².